The van der Waals surface area contributed by atoms with Crippen LogP contribution in [0.25, 0.3) is 0 Å². The van der Waals surface area contributed by atoms with Crippen LogP contribution >= 0.6 is 0 Å². The molecule has 1 fully saturated rings. The zero-order valence-corrected chi connectivity index (χ0v) is 13.5. The molecular formula is C16H31N3O. The minimum atomic E-state index is -0.308. The number of nitriles is 1. The van der Waals surface area contributed by atoms with E-state index in [1.807, 2.05) is 6.92 Å². The van der Waals surface area contributed by atoms with Crippen molar-refractivity contribution in [3.8, 4) is 6.07 Å². The van der Waals surface area contributed by atoms with Gasteiger partial charge < -0.3 is 4.74 Å². The number of rotatable bonds is 9. The molecule has 0 bridgehead atoms. The smallest absolute Gasteiger partial charge is 0.108 e. The first-order valence-corrected chi connectivity index (χ1v) is 8.19. The Morgan fingerprint density at radius 1 is 1.40 bits per heavy atom. The Kier molecular flexibility index (Phi) is 8.13. The molecule has 4 nitrogen and oxygen atoms in total. The maximum atomic E-state index is 9.60. The summed E-state index contributed by atoms with van der Waals surface area (Å²) in [6.07, 6.45) is 5.36. The summed E-state index contributed by atoms with van der Waals surface area (Å²) in [4.78, 5) is 2.48. The standard InChI is InChI=1S/C16H31N3O/c1-4-10-18-16(14-17)9-7-8-15(13-16)19(5-2)11-12-20-6-3/h15,18H,4-13H2,1-3H3. The van der Waals surface area contributed by atoms with Crippen molar-refractivity contribution >= 4 is 0 Å². The molecule has 1 N–H and O–H groups in total. The van der Waals surface area contributed by atoms with Gasteiger partial charge in [0.15, 0.2) is 0 Å². The zero-order chi connectivity index (χ0) is 14.8. The van der Waals surface area contributed by atoms with Crippen molar-refractivity contribution in [1.29, 1.82) is 5.26 Å². The molecule has 0 aromatic heterocycles. The van der Waals surface area contributed by atoms with E-state index in [-0.39, 0.29) is 5.54 Å². The summed E-state index contributed by atoms with van der Waals surface area (Å²) >= 11 is 0. The molecule has 1 saturated carbocycles. The second-order valence-corrected chi connectivity index (χ2v) is 5.70. The molecule has 0 heterocycles. The van der Waals surface area contributed by atoms with Crippen molar-refractivity contribution < 1.29 is 4.74 Å². The van der Waals surface area contributed by atoms with Crippen LogP contribution in [0.2, 0.25) is 0 Å². The van der Waals surface area contributed by atoms with Gasteiger partial charge in [-0.15, -0.1) is 0 Å². The molecule has 2 unspecified atom stereocenters. The third kappa shape index (κ3) is 5.05. The third-order valence-corrected chi connectivity index (χ3v) is 4.30. The number of hydrogen-bond donors (Lipinski definition) is 1. The second kappa shape index (κ2) is 9.33. The number of nitrogens with one attached hydrogen (secondary N) is 1. The van der Waals surface area contributed by atoms with Gasteiger partial charge >= 0.3 is 0 Å². The highest BCUT2D eigenvalue weighted by molar-refractivity contribution is 5.11. The molecule has 20 heavy (non-hydrogen) atoms. The van der Waals surface area contributed by atoms with E-state index in [1.165, 1.54) is 6.42 Å². The van der Waals surface area contributed by atoms with E-state index in [4.69, 9.17) is 4.74 Å². The van der Waals surface area contributed by atoms with E-state index in [2.05, 4.69) is 30.1 Å². The topological polar surface area (TPSA) is 48.3 Å². The fourth-order valence-electron chi connectivity index (χ4n) is 3.15. The lowest BCUT2D eigenvalue weighted by Gasteiger charge is -2.41. The van der Waals surface area contributed by atoms with Gasteiger partial charge in [0.2, 0.25) is 0 Å². The van der Waals surface area contributed by atoms with Crippen molar-refractivity contribution in [1.82, 2.24) is 10.2 Å². The van der Waals surface area contributed by atoms with Gasteiger partial charge in [-0.25, -0.2) is 0 Å². The summed E-state index contributed by atoms with van der Waals surface area (Å²) in [5.41, 5.74) is -0.308. The van der Waals surface area contributed by atoms with Crippen molar-refractivity contribution in [2.24, 2.45) is 0 Å². The zero-order valence-electron chi connectivity index (χ0n) is 13.5. The molecule has 0 aromatic carbocycles. The molecule has 2 atom stereocenters. The fraction of sp³-hybridized carbons (Fsp3) is 0.938. The summed E-state index contributed by atoms with van der Waals surface area (Å²) in [7, 11) is 0. The minimum Gasteiger partial charge on any atom is -0.380 e. The molecule has 116 valence electrons. The SMILES string of the molecule is CCCNC1(C#N)CCCC(N(CC)CCOCC)C1. The minimum absolute atomic E-state index is 0.308. The summed E-state index contributed by atoms with van der Waals surface area (Å²) in [5.74, 6) is 0. The summed E-state index contributed by atoms with van der Waals surface area (Å²) in [6, 6.07) is 3.07. The highest BCUT2D eigenvalue weighted by atomic mass is 16.5. The van der Waals surface area contributed by atoms with Crippen LogP contribution in [0.3, 0.4) is 0 Å². The van der Waals surface area contributed by atoms with Crippen LogP contribution in [0.1, 0.15) is 52.9 Å². The molecule has 1 rings (SSSR count). The summed E-state index contributed by atoms with van der Waals surface area (Å²) in [6.45, 7) is 10.9. The van der Waals surface area contributed by atoms with E-state index in [1.54, 1.807) is 0 Å². The molecule has 0 spiro atoms. The first-order valence-electron chi connectivity index (χ1n) is 8.19. The Bertz CT molecular complexity index is 303. The Morgan fingerprint density at radius 3 is 2.80 bits per heavy atom. The van der Waals surface area contributed by atoms with Crippen molar-refractivity contribution in [2.75, 3.05) is 32.8 Å². The van der Waals surface area contributed by atoms with Crippen molar-refractivity contribution in [3.63, 3.8) is 0 Å². The van der Waals surface area contributed by atoms with E-state index in [9.17, 15) is 5.26 Å². The summed E-state index contributed by atoms with van der Waals surface area (Å²) in [5, 5.41) is 13.1. The summed E-state index contributed by atoms with van der Waals surface area (Å²) < 4.78 is 5.48. The number of likely N-dealkylation sites (N-methyl/N-ethyl adjacent to an activating group) is 1. The normalized spacial score (nSPS) is 26.6. The van der Waals surface area contributed by atoms with Crippen LogP contribution in [-0.2, 0) is 4.74 Å². The molecule has 1 aliphatic rings. The van der Waals surface area contributed by atoms with Crippen molar-refractivity contribution in [3.05, 3.63) is 0 Å². The number of hydrogen-bond acceptors (Lipinski definition) is 4. The molecular weight excluding hydrogens is 250 g/mol. The molecule has 0 aromatic rings. The highest BCUT2D eigenvalue weighted by Gasteiger charge is 2.37. The lowest BCUT2D eigenvalue weighted by molar-refractivity contribution is 0.0728. The van der Waals surface area contributed by atoms with Crippen molar-refractivity contribution in [2.45, 2.75) is 64.5 Å². The lowest BCUT2D eigenvalue weighted by Crippen LogP contribution is -2.53. The van der Waals surface area contributed by atoms with Crippen LogP contribution in [0.15, 0.2) is 0 Å². The van der Waals surface area contributed by atoms with Gasteiger partial charge in [0.25, 0.3) is 0 Å². The van der Waals surface area contributed by atoms with Gasteiger partial charge in [-0.1, -0.05) is 13.8 Å². The Labute approximate surface area is 124 Å². The van der Waals surface area contributed by atoms with E-state index < -0.39 is 0 Å². The molecule has 4 heteroatoms. The first kappa shape index (κ1) is 17.4. The first-order chi connectivity index (χ1) is 9.71. The fourth-order valence-corrected chi connectivity index (χ4v) is 3.15. The van der Waals surface area contributed by atoms with Gasteiger partial charge in [0.05, 0.1) is 12.7 Å². The van der Waals surface area contributed by atoms with Crippen LogP contribution in [-0.4, -0.2) is 49.3 Å². The predicted molar refractivity (Wildman–Crippen MR) is 82.6 cm³/mol. The maximum absolute atomic E-state index is 9.60. The monoisotopic (exact) mass is 281 g/mol. The van der Waals surface area contributed by atoms with Gasteiger partial charge in [0, 0.05) is 19.2 Å². The number of nitrogens with zero attached hydrogens (tertiary/aromatic N) is 2. The van der Waals surface area contributed by atoms with Gasteiger partial charge in [-0.3, -0.25) is 10.2 Å². The van der Waals surface area contributed by atoms with Crippen LogP contribution in [0.5, 0.6) is 0 Å². The van der Waals surface area contributed by atoms with Crippen LogP contribution in [0.4, 0.5) is 0 Å². The average molecular weight is 281 g/mol. The lowest BCUT2D eigenvalue weighted by atomic mass is 9.79. The Hall–Kier alpha value is -0.630. The predicted octanol–water partition coefficient (Wildman–Crippen LogP) is 2.55. The second-order valence-electron chi connectivity index (χ2n) is 5.70. The maximum Gasteiger partial charge on any atom is 0.108 e. The molecule has 0 aliphatic heterocycles. The molecule has 0 saturated heterocycles. The van der Waals surface area contributed by atoms with E-state index in [0.717, 1.165) is 58.5 Å². The number of ether oxygens (including phenoxy) is 1. The third-order valence-electron chi connectivity index (χ3n) is 4.30. The quantitative estimate of drug-likeness (QED) is 0.660. The van der Waals surface area contributed by atoms with Gasteiger partial charge in [0.1, 0.15) is 5.54 Å². The molecule has 0 radical (unpaired) electrons. The van der Waals surface area contributed by atoms with Gasteiger partial charge in [-0.2, -0.15) is 5.26 Å². The average Bonchev–Trinajstić information content (AvgIpc) is 2.50. The Balaban J connectivity index is 2.58. The van der Waals surface area contributed by atoms with Crippen LogP contribution < -0.4 is 5.32 Å². The van der Waals surface area contributed by atoms with E-state index >= 15 is 0 Å². The highest BCUT2D eigenvalue weighted by Crippen LogP contribution is 2.31. The van der Waals surface area contributed by atoms with Crippen LogP contribution in [0, 0.1) is 11.3 Å². The molecule has 0 amide bonds. The molecule has 1 aliphatic carbocycles. The largest absolute Gasteiger partial charge is 0.380 e. The van der Waals surface area contributed by atoms with E-state index in [0.29, 0.717) is 6.04 Å². The van der Waals surface area contributed by atoms with Gasteiger partial charge in [-0.05, 0) is 52.1 Å². The Morgan fingerprint density at radius 2 is 2.20 bits per heavy atom.